The average Bonchev–Trinajstić information content (AvgIpc) is 2.45. The molecule has 0 aromatic heterocycles. The molecular formula is C12H26N2O5S. The molecule has 0 saturated heterocycles. The molecule has 2 N–H and O–H groups in total. The molecule has 0 aliphatic rings. The molecule has 20 heavy (non-hydrogen) atoms. The first-order valence-corrected chi connectivity index (χ1v) is 7.11. The summed E-state index contributed by atoms with van der Waals surface area (Å²) in [5.74, 6) is -0.0332. The number of thiol groups is 1. The lowest BCUT2D eigenvalue weighted by molar-refractivity contribution is -0.122. The fourth-order valence-corrected chi connectivity index (χ4v) is 1.30. The van der Waals surface area contributed by atoms with Crippen LogP contribution < -0.4 is 10.0 Å². The molecule has 0 unspecified atom stereocenters. The number of ether oxygens (including phenoxy) is 4. The molecule has 0 aliphatic carbocycles. The van der Waals surface area contributed by atoms with Crippen molar-refractivity contribution in [2.24, 2.45) is 0 Å². The second-order valence-corrected chi connectivity index (χ2v) is 4.15. The molecule has 0 spiro atoms. The SMILES string of the molecule is COCCNC(=O)CCOCCOCCOCCNS. The van der Waals surface area contributed by atoms with Crippen LogP contribution in [0.1, 0.15) is 6.42 Å². The Hall–Kier alpha value is -0.380. The van der Waals surface area contributed by atoms with E-state index in [0.29, 0.717) is 65.8 Å². The summed E-state index contributed by atoms with van der Waals surface area (Å²) in [5.41, 5.74) is 0. The number of methoxy groups -OCH3 is 1. The fraction of sp³-hybridized carbons (Fsp3) is 0.917. The summed E-state index contributed by atoms with van der Waals surface area (Å²) in [6, 6.07) is 0. The van der Waals surface area contributed by atoms with Gasteiger partial charge in [-0.25, -0.2) is 0 Å². The van der Waals surface area contributed by atoms with E-state index in [4.69, 9.17) is 18.9 Å². The number of hydrogen-bond acceptors (Lipinski definition) is 7. The van der Waals surface area contributed by atoms with Gasteiger partial charge in [0.05, 0.1) is 46.2 Å². The third-order valence-electron chi connectivity index (χ3n) is 2.20. The topological polar surface area (TPSA) is 78.1 Å². The van der Waals surface area contributed by atoms with Gasteiger partial charge in [0.15, 0.2) is 0 Å². The van der Waals surface area contributed by atoms with Gasteiger partial charge in [-0.05, 0) is 0 Å². The Bertz CT molecular complexity index is 222. The maximum atomic E-state index is 11.3. The zero-order valence-corrected chi connectivity index (χ0v) is 13.0. The van der Waals surface area contributed by atoms with E-state index >= 15 is 0 Å². The lowest BCUT2D eigenvalue weighted by Crippen LogP contribution is -2.27. The molecule has 0 radical (unpaired) electrons. The largest absolute Gasteiger partial charge is 0.383 e. The van der Waals surface area contributed by atoms with Crippen LogP contribution in [0.15, 0.2) is 0 Å². The van der Waals surface area contributed by atoms with Crippen LogP contribution in [0.2, 0.25) is 0 Å². The van der Waals surface area contributed by atoms with Crippen molar-refractivity contribution in [1.82, 2.24) is 10.0 Å². The molecule has 0 aromatic rings. The Balaban J connectivity index is 3.07. The lowest BCUT2D eigenvalue weighted by Gasteiger charge is -2.07. The van der Waals surface area contributed by atoms with Crippen molar-refractivity contribution in [3.05, 3.63) is 0 Å². The van der Waals surface area contributed by atoms with E-state index in [9.17, 15) is 4.79 Å². The second kappa shape index (κ2) is 16.7. The maximum Gasteiger partial charge on any atom is 0.222 e. The van der Waals surface area contributed by atoms with Crippen molar-refractivity contribution in [1.29, 1.82) is 0 Å². The van der Waals surface area contributed by atoms with Crippen molar-refractivity contribution in [3.8, 4) is 0 Å². The third-order valence-corrected chi connectivity index (χ3v) is 2.43. The minimum atomic E-state index is -0.0332. The van der Waals surface area contributed by atoms with Gasteiger partial charge < -0.3 is 24.3 Å². The van der Waals surface area contributed by atoms with E-state index in [0.717, 1.165) is 0 Å². The highest BCUT2D eigenvalue weighted by Gasteiger charge is 1.99. The van der Waals surface area contributed by atoms with Gasteiger partial charge in [-0.2, -0.15) is 0 Å². The molecule has 0 bridgehead atoms. The van der Waals surface area contributed by atoms with Crippen LogP contribution in [0.4, 0.5) is 0 Å². The van der Waals surface area contributed by atoms with E-state index in [1.54, 1.807) is 7.11 Å². The minimum absolute atomic E-state index is 0.0332. The molecule has 0 rings (SSSR count). The normalized spacial score (nSPS) is 10.7. The Labute approximate surface area is 126 Å². The van der Waals surface area contributed by atoms with Gasteiger partial charge in [0, 0.05) is 26.6 Å². The van der Waals surface area contributed by atoms with E-state index in [1.165, 1.54) is 0 Å². The Morgan fingerprint density at radius 2 is 1.50 bits per heavy atom. The van der Waals surface area contributed by atoms with Gasteiger partial charge >= 0.3 is 0 Å². The van der Waals surface area contributed by atoms with Gasteiger partial charge in [0.2, 0.25) is 5.91 Å². The molecule has 0 atom stereocenters. The number of rotatable bonds is 15. The minimum Gasteiger partial charge on any atom is -0.383 e. The zero-order chi connectivity index (χ0) is 14.9. The Morgan fingerprint density at radius 3 is 2.10 bits per heavy atom. The first-order valence-electron chi connectivity index (χ1n) is 6.67. The van der Waals surface area contributed by atoms with E-state index in [1.807, 2.05) is 0 Å². The molecule has 0 aliphatic heterocycles. The molecule has 0 fully saturated rings. The van der Waals surface area contributed by atoms with Crippen LogP contribution in [0.25, 0.3) is 0 Å². The van der Waals surface area contributed by atoms with E-state index in [2.05, 4.69) is 22.9 Å². The first-order chi connectivity index (χ1) is 9.81. The highest BCUT2D eigenvalue weighted by Crippen LogP contribution is 1.85. The standard InChI is InChI=1S/C12H26N2O5S/c1-16-6-3-13-12(15)2-5-17-8-10-19-11-9-18-7-4-14-20/h14,20H,2-11H2,1H3,(H,13,15). The summed E-state index contributed by atoms with van der Waals surface area (Å²) >= 11 is 3.84. The number of carbonyl (C=O) groups excluding carboxylic acids is 1. The third kappa shape index (κ3) is 15.7. The van der Waals surface area contributed by atoms with E-state index in [-0.39, 0.29) is 5.91 Å². The fourth-order valence-electron chi connectivity index (χ4n) is 1.21. The van der Waals surface area contributed by atoms with Crippen LogP contribution in [0.3, 0.4) is 0 Å². The highest BCUT2D eigenvalue weighted by atomic mass is 32.1. The predicted octanol–water partition coefficient (Wildman–Crippen LogP) is -0.377. The molecular weight excluding hydrogens is 284 g/mol. The molecule has 120 valence electrons. The average molecular weight is 310 g/mol. The monoisotopic (exact) mass is 310 g/mol. The highest BCUT2D eigenvalue weighted by molar-refractivity contribution is 7.78. The first kappa shape index (κ1) is 19.6. The number of carbonyl (C=O) groups is 1. The summed E-state index contributed by atoms with van der Waals surface area (Å²) in [7, 11) is 1.59. The maximum absolute atomic E-state index is 11.3. The lowest BCUT2D eigenvalue weighted by atomic mass is 10.4. The smallest absolute Gasteiger partial charge is 0.222 e. The molecule has 0 saturated carbocycles. The van der Waals surface area contributed by atoms with Crippen molar-refractivity contribution in [3.63, 3.8) is 0 Å². The zero-order valence-electron chi connectivity index (χ0n) is 12.1. The van der Waals surface area contributed by atoms with Crippen molar-refractivity contribution in [2.45, 2.75) is 6.42 Å². The summed E-state index contributed by atoms with van der Waals surface area (Å²) < 4.78 is 23.3. The van der Waals surface area contributed by atoms with Crippen LogP contribution in [0, 0.1) is 0 Å². The molecule has 1 amide bonds. The van der Waals surface area contributed by atoms with Crippen LogP contribution in [0.5, 0.6) is 0 Å². The van der Waals surface area contributed by atoms with Gasteiger partial charge in [-0.3, -0.25) is 9.52 Å². The summed E-state index contributed by atoms with van der Waals surface area (Å²) in [6.45, 7) is 4.83. The summed E-state index contributed by atoms with van der Waals surface area (Å²) in [5, 5.41) is 2.72. The van der Waals surface area contributed by atoms with Crippen molar-refractivity contribution in [2.75, 3.05) is 66.4 Å². The van der Waals surface area contributed by atoms with Crippen LogP contribution in [-0.2, 0) is 23.7 Å². The van der Waals surface area contributed by atoms with Gasteiger partial charge in [0.25, 0.3) is 0 Å². The number of amides is 1. The van der Waals surface area contributed by atoms with Crippen LogP contribution in [-0.4, -0.2) is 72.4 Å². The number of nitrogens with one attached hydrogen (secondary N) is 2. The van der Waals surface area contributed by atoms with Crippen molar-refractivity contribution < 1.29 is 23.7 Å². The number of hydrogen-bond donors (Lipinski definition) is 3. The Morgan fingerprint density at radius 1 is 0.900 bits per heavy atom. The Kier molecular flexibility index (Phi) is 16.4. The van der Waals surface area contributed by atoms with Crippen LogP contribution >= 0.6 is 12.8 Å². The summed E-state index contributed by atoms with van der Waals surface area (Å²) in [4.78, 5) is 11.3. The molecule has 7 nitrogen and oxygen atoms in total. The quantitative estimate of drug-likeness (QED) is 0.283. The van der Waals surface area contributed by atoms with Gasteiger partial charge in [-0.15, -0.1) is 0 Å². The second-order valence-electron chi connectivity index (χ2n) is 3.84. The predicted molar refractivity (Wildman–Crippen MR) is 78.9 cm³/mol. The van der Waals surface area contributed by atoms with Gasteiger partial charge in [-0.1, -0.05) is 12.8 Å². The van der Waals surface area contributed by atoms with Gasteiger partial charge in [0.1, 0.15) is 0 Å². The summed E-state index contributed by atoms with van der Waals surface area (Å²) in [6.07, 6.45) is 0.351. The van der Waals surface area contributed by atoms with E-state index < -0.39 is 0 Å². The molecule has 0 heterocycles. The molecule has 0 aromatic carbocycles. The molecule has 8 heteroatoms. The van der Waals surface area contributed by atoms with Crippen molar-refractivity contribution >= 4 is 18.7 Å².